The molecule has 1 aliphatic heterocycles. The number of carbonyl (C=O) groups is 1. The maximum atomic E-state index is 12.7. The average molecular weight is 411 g/mol. The van der Waals surface area contributed by atoms with Crippen molar-refractivity contribution in [3.05, 3.63) is 33.9 Å². The second kappa shape index (κ2) is 9.75. The molecule has 1 saturated heterocycles. The fraction of sp³-hybridized carbons (Fsp3) is 0.562. The summed E-state index contributed by atoms with van der Waals surface area (Å²) in [6, 6.07) is 2.44. The Hall–Kier alpha value is -2.07. The molecule has 1 aromatic rings. The molecule has 0 aliphatic carbocycles. The van der Waals surface area contributed by atoms with Gasteiger partial charge in [0.2, 0.25) is 5.91 Å². The number of piperidine rings is 1. The average Bonchev–Trinajstić information content (AvgIpc) is 2.60. The van der Waals surface area contributed by atoms with Crippen molar-refractivity contribution in [2.45, 2.75) is 31.5 Å². The number of halogens is 4. The fourth-order valence-corrected chi connectivity index (χ4v) is 2.89. The van der Waals surface area contributed by atoms with Gasteiger partial charge in [-0.3, -0.25) is 14.9 Å². The van der Waals surface area contributed by atoms with Crippen LogP contribution in [-0.2, 0) is 11.0 Å². The molecular formula is C16H22ClF3N4O3. The monoisotopic (exact) mass is 410 g/mol. The van der Waals surface area contributed by atoms with Gasteiger partial charge in [-0.05, 0) is 38.1 Å². The summed E-state index contributed by atoms with van der Waals surface area (Å²) >= 11 is 0. The minimum Gasteiger partial charge on any atom is -0.379 e. The fourth-order valence-electron chi connectivity index (χ4n) is 2.89. The molecule has 152 valence electrons. The summed E-state index contributed by atoms with van der Waals surface area (Å²) in [5, 5.41) is 16.9. The van der Waals surface area contributed by atoms with Crippen LogP contribution in [0.1, 0.15) is 24.8 Å². The summed E-state index contributed by atoms with van der Waals surface area (Å²) in [4.78, 5) is 24.0. The molecule has 11 heteroatoms. The highest BCUT2D eigenvalue weighted by atomic mass is 35.5. The van der Waals surface area contributed by atoms with E-state index in [9.17, 15) is 28.1 Å². The van der Waals surface area contributed by atoms with Crippen LogP contribution in [0, 0.1) is 10.1 Å². The molecule has 0 saturated carbocycles. The molecule has 1 heterocycles. The summed E-state index contributed by atoms with van der Waals surface area (Å²) in [5.41, 5.74) is -1.80. The number of nitro benzene ring substituents is 1. The Kier molecular flexibility index (Phi) is 8.29. The first kappa shape index (κ1) is 23.0. The van der Waals surface area contributed by atoms with Crippen LogP contribution in [0.15, 0.2) is 18.2 Å². The van der Waals surface area contributed by atoms with Gasteiger partial charge < -0.3 is 15.5 Å². The van der Waals surface area contributed by atoms with Crippen molar-refractivity contribution in [2.24, 2.45) is 0 Å². The number of carbonyl (C=O) groups excluding carboxylic acids is 1. The lowest BCUT2D eigenvalue weighted by atomic mass is 10.1. The van der Waals surface area contributed by atoms with Crippen molar-refractivity contribution in [2.75, 3.05) is 32.0 Å². The van der Waals surface area contributed by atoms with Gasteiger partial charge in [-0.1, -0.05) is 0 Å². The minimum atomic E-state index is -4.66. The van der Waals surface area contributed by atoms with E-state index < -0.39 is 22.4 Å². The quantitative estimate of drug-likeness (QED) is 0.556. The number of anilines is 1. The number of nitrogens with one attached hydrogen (secondary N) is 2. The van der Waals surface area contributed by atoms with Gasteiger partial charge in [-0.15, -0.1) is 12.4 Å². The molecule has 1 aromatic carbocycles. The zero-order chi connectivity index (χ0) is 19.3. The number of hydrogen-bond donors (Lipinski definition) is 2. The van der Waals surface area contributed by atoms with Gasteiger partial charge in [0, 0.05) is 32.1 Å². The molecule has 0 aromatic heterocycles. The van der Waals surface area contributed by atoms with Crippen LogP contribution in [0.5, 0.6) is 0 Å². The third kappa shape index (κ3) is 6.24. The Bertz CT molecular complexity index is 667. The van der Waals surface area contributed by atoms with Crippen LogP contribution >= 0.6 is 12.4 Å². The third-order valence-electron chi connectivity index (χ3n) is 4.43. The Morgan fingerprint density at radius 3 is 2.56 bits per heavy atom. The Morgan fingerprint density at radius 1 is 1.37 bits per heavy atom. The van der Waals surface area contributed by atoms with E-state index in [0.717, 1.165) is 38.1 Å². The van der Waals surface area contributed by atoms with E-state index in [4.69, 9.17) is 0 Å². The number of nitro groups is 1. The second-order valence-electron chi connectivity index (χ2n) is 6.15. The van der Waals surface area contributed by atoms with Gasteiger partial charge in [-0.2, -0.15) is 13.2 Å². The molecule has 1 amide bonds. The number of amides is 1. The third-order valence-corrected chi connectivity index (χ3v) is 4.43. The van der Waals surface area contributed by atoms with Crippen molar-refractivity contribution in [3.63, 3.8) is 0 Å². The highest BCUT2D eigenvalue weighted by molar-refractivity contribution is 5.85. The minimum absolute atomic E-state index is 0. The van der Waals surface area contributed by atoms with E-state index >= 15 is 0 Å². The highest BCUT2D eigenvalue weighted by Crippen LogP contribution is 2.34. The summed E-state index contributed by atoms with van der Waals surface area (Å²) in [6.07, 6.45) is -2.84. The van der Waals surface area contributed by atoms with E-state index in [1.807, 2.05) is 0 Å². The largest absolute Gasteiger partial charge is 0.416 e. The van der Waals surface area contributed by atoms with Crippen LogP contribution in [0.4, 0.5) is 24.5 Å². The van der Waals surface area contributed by atoms with Gasteiger partial charge in [0.05, 0.1) is 10.5 Å². The second-order valence-corrected chi connectivity index (χ2v) is 6.15. The van der Waals surface area contributed by atoms with Gasteiger partial charge in [-0.25, -0.2) is 0 Å². The van der Waals surface area contributed by atoms with Crippen LogP contribution in [0.2, 0.25) is 0 Å². The Morgan fingerprint density at radius 2 is 2.00 bits per heavy atom. The molecule has 1 aliphatic rings. The molecule has 0 spiro atoms. The smallest absolute Gasteiger partial charge is 0.379 e. The van der Waals surface area contributed by atoms with Crippen molar-refractivity contribution < 1.29 is 22.9 Å². The number of benzene rings is 1. The zero-order valence-corrected chi connectivity index (χ0v) is 15.5. The molecule has 7 nitrogen and oxygen atoms in total. The van der Waals surface area contributed by atoms with Crippen molar-refractivity contribution in [3.8, 4) is 0 Å². The number of hydrogen-bond acceptors (Lipinski definition) is 5. The zero-order valence-electron chi connectivity index (χ0n) is 14.7. The van der Waals surface area contributed by atoms with E-state index in [0.29, 0.717) is 6.07 Å². The molecule has 27 heavy (non-hydrogen) atoms. The van der Waals surface area contributed by atoms with Crippen molar-refractivity contribution in [1.29, 1.82) is 0 Å². The summed E-state index contributed by atoms with van der Waals surface area (Å²) < 4.78 is 38.1. The molecule has 1 fully saturated rings. The highest BCUT2D eigenvalue weighted by Gasteiger charge is 2.33. The molecular weight excluding hydrogens is 389 g/mol. The lowest BCUT2D eigenvalue weighted by molar-refractivity contribution is -0.384. The van der Waals surface area contributed by atoms with Crippen molar-refractivity contribution >= 4 is 29.7 Å². The molecule has 0 radical (unpaired) electrons. The maximum Gasteiger partial charge on any atom is 0.416 e. The van der Waals surface area contributed by atoms with Crippen LogP contribution in [0.3, 0.4) is 0 Å². The van der Waals surface area contributed by atoms with E-state index in [2.05, 4.69) is 10.6 Å². The Labute approximate surface area is 160 Å². The van der Waals surface area contributed by atoms with Gasteiger partial charge in [0.15, 0.2) is 0 Å². The molecule has 0 atom stereocenters. The Balaban J connectivity index is 0.00000364. The maximum absolute atomic E-state index is 12.7. The predicted molar refractivity (Wildman–Crippen MR) is 97.1 cm³/mol. The van der Waals surface area contributed by atoms with Crippen LogP contribution < -0.4 is 10.6 Å². The van der Waals surface area contributed by atoms with Crippen LogP contribution in [0.25, 0.3) is 0 Å². The molecule has 2 rings (SSSR count). The topological polar surface area (TPSA) is 87.5 Å². The van der Waals surface area contributed by atoms with E-state index in [-0.39, 0.29) is 43.0 Å². The summed E-state index contributed by atoms with van der Waals surface area (Å²) in [6.45, 7) is 1.79. The number of alkyl halides is 3. The van der Waals surface area contributed by atoms with Gasteiger partial charge >= 0.3 is 6.18 Å². The molecule has 0 bridgehead atoms. The van der Waals surface area contributed by atoms with Crippen LogP contribution in [-0.4, -0.2) is 48.5 Å². The van der Waals surface area contributed by atoms with Gasteiger partial charge in [0.1, 0.15) is 5.69 Å². The van der Waals surface area contributed by atoms with E-state index in [1.165, 1.54) is 0 Å². The lowest BCUT2D eigenvalue weighted by Crippen LogP contribution is -2.44. The predicted octanol–water partition coefficient (Wildman–Crippen LogP) is 3.05. The first-order valence-corrected chi connectivity index (χ1v) is 8.26. The lowest BCUT2D eigenvalue weighted by Gasteiger charge is -2.31. The van der Waals surface area contributed by atoms with E-state index in [1.54, 1.807) is 11.9 Å². The normalized spacial score (nSPS) is 15.0. The van der Waals surface area contributed by atoms with Crippen molar-refractivity contribution in [1.82, 2.24) is 10.2 Å². The SMILES string of the molecule is CN(C(=O)CCNc1ccc(C(F)(F)F)cc1[N+](=O)[O-])C1CCNCC1.Cl. The van der Waals surface area contributed by atoms with Gasteiger partial charge in [0.25, 0.3) is 5.69 Å². The first-order valence-electron chi connectivity index (χ1n) is 8.26. The number of rotatable bonds is 6. The first-order chi connectivity index (χ1) is 12.2. The molecule has 2 N–H and O–H groups in total. The number of nitrogens with zero attached hydrogens (tertiary/aromatic N) is 2. The standard InChI is InChI=1S/C16H21F3N4O3.ClH/c1-22(12-4-7-20-8-5-12)15(24)6-9-21-13-3-2-11(16(17,18)19)10-14(13)23(25)26;/h2-3,10,12,20-21H,4-9H2,1H3;1H. The summed E-state index contributed by atoms with van der Waals surface area (Å²) in [7, 11) is 1.72. The summed E-state index contributed by atoms with van der Waals surface area (Å²) in [5.74, 6) is -0.112. The molecule has 0 unspecified atom stereocenters.